The number of anilines is 1. The molecule has 0 saturated carbocycles. The quantitative estimate of drug-likeness (QED) is 0.509. The first kappa shape index (κ1) is 24.5. The smallest absolute Gasteiger partial charge is 0.282 e. The van der Waals surface area contributed by atoms with Crippen LogP contribution in [0.2, 0.25) is 0 Å². The third kappa shape index (κ3) is 5.01. The van der Waals surface area contributed by atoms with Crippen molar-refractivity contribution in [3.8, 4) is 6.07 Å². The highest BCUT2D eigenvalue weighted by Crippen LogP contribution is 2.33. The summed E-state index contributed by atoms with van der Waals surface area (Å²) in [5, 5.41) is 9.57. The average Bonchev–Trinajstić information content (AvgIpc) is 3.24. The van der Waals surface area contributed by atoms with Crippen molar-refractivity contribution in [3.05, 3.63) is 83.4 Å². The normalized spacial score (nSPS) is 19.4. The lowest BCUT2D eigenvalue weighted by molar-refractivity contribution is 0.0690. The van der Waals surface area contributed by atoms with E-state index in [0.29, 0.717) is 51.4 Å². The lowest BCUT2D eigenvalue weighted by Crippen LogP contribution is -2.53. The van der Waals surface area contributed by atoms with Gasteiger partial charge in [-0.3, -0.25) is 0 Å². The van der Waals surface area contributed by atoms with Crippen LogP contribution >= 0.6 is 0 Å². The Kier molecular flexibility index (Phi) is 7.07. The van der Waals surface area contributed by atoms with Crippen LogP contribution in [-0.4, -0.2) is 65.5 Å². The van der Waals surface area contributed by atoms with Crippen LogP contribution in [0.5, 0.6) is 0 Å². The van der Waals surface area contributed by atoms with Crippen molar-refractivity contribution < 1.29 is 13.2 Å². The van der Waals surface area contributed by atoms with E-state index < -0.39 is 10.2 Å². The van der Waals surface area contributed by atoms with Gasteiger partial charge in [-0.1, -0.05) is 30.3 Å². The number of fused-ring (bicyclic) bond motifs is 1. The lowest BCUT2D eigenvalue weighted by Gasteiger charge is -2.36. The zero-order valence-corrected chi connectivity index (χ0v) is 21.1. The van der Waals surface area contributed by atoms with Crippen molar-refractivity contribution in [1.82, 2.24) is 18.2 Å². The number of aromatic nitrogens is 2. The van der Waals surface area contributed by atoms with Crippen molar-refractivity contribution in [2.75, 3.05) is 37.7 Å². The fourth-order valence-corrected chi connectivity index (χ4v) is 6.69. The van der Waals surface area contributed by atoms with E-state index >= 15 is 0 Å². The second kappa shape index (κ2) is 10.4. The van der Waals surface area contributed by atoms with Gasteiger partial charge in [0.25, 0.3) is 10.2 Å². The van der Waals surface area contributed by atoms with Crippen LogP contribution in [0.25, 0.3) is 0 Å². The van der Waals surface area contributed by atoms with Gasteiger partial charge in [0.15, 0.2) is 0 Å². The van der Waals surface area contributed by atoms with Crippen LogP contribution in [0.4, 0.5) is 5.69 Å². The van der Waals surface area contributed by atoms with E-state index in [4.69, 9.17) is 4.74 Å². The van der Waals surface area contributed by atoms with Gasteiger partial charge >= 0.3 is 0 Å². The third-order valence-corrected chi connectivity index (χ3v) is 8.93. The van der Waals surface area contributed by atoms with E-state index in [2.05, 4.69) is 16.0 Å². The summed E-state index contributed by atoms with van der Waals surface area (Å²) in [5.74, 6) is 0. The summed E-state index contributed by atoms with van der Waals surface area (Å²) in [7, 11) is -1.82. The molecule has 0 aliphatic carbocycles. The number of hydrogen-bond donors (Lipinski definition) is 0. The van der Waals surface area contributed by atoms with Gasteiger partial charge in [-0.2, -0.15) is 22.3 Å². The van der Waals surface area contributed by atoms with E-state index in [1.54, 1.807) is 16.7 Å². The molecule has 0 unspecified atom stereocenters. The minimum atomic E-state index is -3.77. The highest BCUT2D eigenvalue weighted by atomic mass is 32.2. The molecule has 9 nitrogen and oxygen atoms in total. The van der Waals surface area contributed by atoms with Crippen LogP contribution in [0.1, 0.15) is 22.4 Å². The molecule has 10 heteroatoms. The molecule has 1 atom stereocenters. The molecule has 0 bridgehead atoms. The third-order valence-electron chi connectivity index (χ3n) is 6.89. The summed E-state index contributed by atoms with van der Waals surface area (Å²) in [6, 6.07) is 17.5. The first-order chi connectivity index (χ1) is 17.5. The first-order valence-corrected chi connectivity index (χ1v) is 13.5. The molecule has 3 aromatic rings. The fourth-order valence-electron chi connectivity index (χ4n) is 4.96. The molecule has 188 valence electrons. The molecule has 3 heterocycles. The molecular formula is C26H30N6O3S. The minimum Gasteiger partial charge on any atom is -0.379 e. The number of imidazole rings is 1. The molecule has 2 aliphatic heterocycles. The number of nitrogens with zero attached hydrogens (tertiary/aromatic N) is 6. The zero-order chi connectivity index (χ0) is 25.1. The molecule has 0 radical (unpaired) electrons. The predicted octanol–water partition coefficient (Wildman–Crippen LogP) is 2.30. The summed E-state index contributed by atoms with van der Waals surface area (Å²) in [4.78, 5) is 6.48. The van der Waals surface area contributed by atoms with Crippen molar-refractivity contribution in [2.24, 2.45) is 7.05 Å². The molecule has 0 N–H and O–H groups in total. The van der Waals surface area contributed by atoms with Crippen molar-refractivity contribution in [2.45, 2.75) is 25.6 Å². The van der Waals surface area contributed by atoms with E-state index in [0.717, 1.165) is 22.5 Å². The van der Waals surface area contributed by atoms with Crippen LogP contribution in [-0.2, 0) is 41.5 Å². The summed E-state index contributed by atoms with van der Waals surface area (Å²) in [6.07, 6.45) is 4.18. The first-order valence-electron chi connectivity index (χ1n) is 12.1. The number of hydrogen-bond acceptors (Lipinski definition) is 6. The van der Waals surface area contributed by atoms with Crippen molar-refractivity contribution in [3.63, 3.8) is 0 Å². The lowest BCUT2D eigenvalue weighted by atomic mass is 10.1. The van der Waals surface area contributed by atoms with E-state index in [1.165, 1.54) is 4.31 Å². The van der Waals surface area contributed by atoms with Gasteiger partial charge in [-0.05, 0) is 35.7 Å². The van der Waals surface area contributed by atoms with Gasteiger partial charge < -0.3 is 14.2 Å². The zero-order valence-electron chi connectivity index (χ0n) is 20.3. The molecule has 1 aromatic heterocycles. The molecule has 36 heavy (non-hydrogen) atoms. The number of benzene rings is 2. The Morgan fingerprint density at radius 3 is 2.61 bits per heavy atom. The highest BCUT2D eigenvalue weighted by Gasteiger charge is 2.39. The van der Waals surface area contributed by atoms with Crippen LogP contribution in [0, 0.1) is 11.3 Å². The predicted molar refractivity (Wildman–Crippen MR) is 136 cm³/mol. The molecule has 0 amide bonds. The Morgan fingerprint density at radius 1 is 1.14 bits per heavy atom. The van der Waals surface area contributed by atoms with Crippen molar-refractivity contribution >= 4 is 15.9 Å². The monoisotopic (exact) mass is 506 g/mol. The van der Waals surface area contributed by atoms with E-state index in [9.17, 15) is 13.7 Å². The largest absolute Gasteiger partial charge is 0.379 e. The van der Waals surface area contributed by atoms with Gasteiger partial charge in [0.1, 0.15) is 0 Å². The second-order valence-corrected chi connectivity index (χ2v) is 11.1. The summed E-state index contributed by atoms with van der Waals surface area (Å²) < 4.78 is 38.6. The summed E-state index contributed by atoms with van der Waals surface area (Å²) >= 11 is 0. The van der Waals surface area contributed by atoms with Gasteiger partial charge in [0.2, 0.25) is 0 Å². The average molecular weight is 507 g/mol. The van der Waals surface area contributed by atoms with Crippen LogP contribution in [0.15, 0.2) is 61.1 Å². The SMILES string of the molecule is Cn1cncc1CN1C[C@@H](Cc2ccccc2)N(S(=O)(=O)N2CCOCC2)Cc2cc(C#N)ccc21. The Hall–Kier alpha value is -3.23. The van der Waals surface area contributed by atoms with Gasteiger partial charge in [0.05, 0.1) is 43.4 Å². The maximum absolute atomic E-state index is 14.0. The molecule has 2 aromatic carbocycles. The Bertz CT molecular complexity index is 1350. The highest BCUT2D eigenvalue weighted by molar-refractivity contribution is 7.86. The molecule has 1 fully saturated rings. The molecular weight excluding hydrogens is 476 g/mol. The summed E-state index contributed by atoms with van der Waals surface area (Å²) in [5.41, 5.74) is 4.37. The Labute approximate surface area is 212 Å². The fraction of sp³-hybridized carbons (Fsp3) is 0.385. The maximum Gasteiger partial charge on any atom is 0.282 e. The minimum absolute atomic E-state index is 0.198. The Balaban J connectivity index is 1.59. The standard InChI is InChI=1S/C26H30N6O3S/c1-29-20-28-16-25(29)19-30-18-24(14-21-5-3-2-4-6-21)32(36(33,34)31-9-11-35-12-10-31)17-23-13-22(15-27)7-8-26(23)30/h2-8,13,16,20,24H,9-12,14,17-19H2,1H3/t24-/m1/s1. The molecule has 1 saturated heterocycles. The Morgan fingerprint density at radius 2 is 1.92 bits per heavy atom. The van der Waals surface area contributed by atoms with Crippen molar-refractivity contribution in [1.29, 1.82) is 5.26 Å². The summed E-state index contributed by atoms with van der Waals surface area (Å²) in [6.45, 7) is 2.72. The van der Waals surface area contributed by atoms with E-state index in [-0.39, 0.29) is 12.6 Å². The number of aryl methyl sites for hydroxylation is 1. The van der Waals surface area contributed by atoms with Crippen LogP contribution in [0.3, 0.4) is 0 Å². The number of ether oxygens (including phenoxy) is 1. The number of morpholine rings is 1. The molecule has 2 aliphatic rings. The number of nitriles is 1. The number of rotatable bonds is 6. The van der Waals surface area contributed by atoms with Crippen LogP contribution < -0.4 is 4.90 Å². The topological polar surface area (TPSA) is 94.7 Å². The van der Waals surface area contributed by atoms with Gasteiger partial charge in [-0.15, -0.1) is 0 Å². The second-order valence-electron chi connectivity index (χ2n) is 9.24. The van der Waals surface area contributed by atoms with E-state index in [1.807, 2.05) is 60.3 Å². The van der Waals surface area contributed by atoms with Gasteiger partial charge in [0, 0.05) is 51.2 Å². The van der Waals surface area contributed by atoms with Gasteiger partial charge in [-0.25, -0.2) is 4.98 Å². The molecule has 5 rings (SSSR count). The maximum atomic E-state index is 14.0. The molecule has 0 spiro atoms.